The summed E-state index contributed by atoms with van der Waals surface area (Å²) in [6, 6.07) is 2.76. The van der Waals surface area contributed by atoms with Crippen LogP contribution in [0.4, 0.5) is 32.4 Å². The lowest BCUT2D eigenvalue weighted by Gasteiger charge is -2.15. The third kappa shape index (κ3) is 7.34. The summed E-state index contributed by atoms with van der Waals surface area (Å²) in [5.41, 5.74) is -1.43. The topological polar surface area (TPSA) is 90.3 Å². The van der Waals surface area contributed by atoms with Crippen molar-refractivity contribution in [2.45, 2.75) is 45.1 Å². The minimum Gasteiger partial charge on any atom is -0.450 e. The average Bonchev–Trinajstić information content (AvgIpc) is 3.51. The van der Waals surface area contributed by atoms with Crippen LogP contribution in [0.25, 0.3) is 11.0 Å². The van der Waals surface area contributed by atoms with Crippen molar-refractivity contribution >= 4 is 42.2 Å². The quantitative estimate of drug-likeness (QED) is 0.114. The molecule has 0 atom stereocenters. The van der Waals surface area contributed by atoms with E-state index in [2.05, 4.69) is 40.2 Å². The van der Waals surface area contributed by atoms with Gasteiger partial charge in [0.05, 0.1) is 17.5 Å². The van der Waals surface area contributed by atoms with Gasteiger partial charge >= 0.3 is 12.2 Å². The molecule has 3 heterocycles. The highest BCUT2D eigenvalue weighted by molar-refractivity contribution is 7.09. The highest BCUT2D eigenvalue weighted by Gasteiger charge is 2.37. The molecule has 8 nitrogen and oxygen atoms in total. The van der Waals surface area contributed by atoms with Gasteiger partial charge in [-0.05, 0) is 12.1 Å². The van der Waals surface area contributed by atoms with E-state index in [-0.39, 0.29) is 24.6 Å². The highest BCUT2D eigenvalue weighted by atomic mass is 32.1. The van der Waals surface area contributed by atoms with Gasteiger partial charge in [-0.25, -0.2) is 23.5 Å². The minimum absolute atomic E-state index is 0.109. The lowest BCUT2D eigenvalue weighted by molar-refractivity contribution is -0.136. The molecule has 4 rings (SSSR count). The summed E-state index contributed by atoms with van der Waals surface area (Å²) in [6.45, 7) is 6.72. The maximum Gasteiger partial charge on any atom is 0.418 e. The van der Waals surface area contributed by atoms with Crippen LogP contribution >= 0.6 is 11.3 Å². The van der Waals surface area contributed by atoms with Gasteiger partial charge in [-0.3, -0.25) is 0 Å². The Morgan fingerprint density at radius 2 is 1.85 bits per heavy atom. The molecule has 214 valence electrons. The summed E-state index contributed by atoms with van der Waals surface area (Å²) in [5, 5.41) is 6.67. The zero-order valence-corrected chi connectivity index (χ0v) is 23.6. The summed E-state index contributed by atoms with van der Waals surface area (Å²) < 4.78 is 83.8. The van der Waals surface area contributed by atoms with Crippen molar-refractivity contribution in [3.8, 4) is 11.5 Å². The number of hydrogen-bond acceptors (Lipinski definition) is 6. The van der Waals surface area contributed by atoms with Crippen molar-refractivity contribution < 1.29 is 36.2 Å². The molecule has 40 heavy (non-hydrogen) atoms. The largest absolute Gasteiger partial charge is 0.450 e. The van der Waals surface area contributed by atoms with E-state index in [9.17, 15) is 26.7 Å². The van der Waals surface area contributed by atoms with Crippen molar-refractivity contribution in [1.82, 2.24) is 19.9 Å². The van der Waals surface area contributed by atoms with Crippen molar-refractivity contribution in [3.05, 3.63) is 64.4 Å². The second-order valence-corrected chi connectivity index (χ2v) is 16.6. The number of anilines is 1. The molecule has 0 fully saturated rings. The number of ether oxygens (including phenoxy) is 2. The van der Waals surface area contributed by atoms with Crippen molar-refractivity contribution in [2.24, 2.45) is 0 Å². The van der Waals surface area contributed by atoms with Crippen LogP contribution in [0, 0.1) is 11.6 Å². The maximum absolute atomic E-state index is 14.9. The van der Waals surface area contributed by atoms with E-state index in [0.29, 0.717) is 11.6 Å². The first-order valence-corrected chi connectivity index (χ1v) is 16.6. The predicted molar refractivity (Wildman–Crippen MR) is 143 cm³/mol. The van der Waals surface area contributed by atoms with Crippen LogP contribution in [0.3, 0.4) is 0 Å². The number of benzene rings is 1. The summed E-state index contributed by atoms with van der Waals surface area (Å²) in [4.78, 5) is 20.1. The number of fused-ring (bicyclic) bond motifs is 1. The highest BCUT2D eigenvalue weighted by Crippen LogP contribution is 2.42. The first-order chi connectivity index (χ1) is 18.8. The maximum atomic E-state index is 14.9. The summed E-state index contributed by atoms with van der Waals surface area (Å²) >= 11 is 1.32. The number of urea groups is 1. The van der Waals surface area contributed by atoms with Crippen molar-refractivity contribution in [1.29, 1.82) is 0 Å². The second kappa shape index (κ2) is 11.9. The van der Waals surface area contributed by atoms with Crippen LogP contribution in [0.1, 0.15) is 10.6 Å². The first-order valence-electron chi connectivity index (χ1n) is 12.0. The molecular weight excluding hydrogens is 573 g/mol. The molecule has 0 saturated carbocycles. The molecule has 0 saturated heterocycles. The normalized spacial score (nSPS) is 12.1. The number of alkyl halides is 3. The number of nitrogens with one attached hydrogen (secondary N) is 2. The number of thiazole rings is 1. The Balaban J connectivity index is 1.56. The second-order valence-electron chi connectivity index (χ2n) is 9.97. The van der Waals surface area contributed by atoms with Crippen LogP contribution < -0.4 is 15.4 Å². The van der Waals surface area contributed by atoms with Gasteiger partial charge in [0, 0.05) is 56.5 Å². The van der Waals surface area contributed by atoms with E-state index in [0.717, 1.165) is 30.4 Å². The van der Waals surface area contributed by atoms with Gasteiger partial charge in [0.15, 0.2) is 17.4 Å². The number of aromatic nitrogens is 3. The third-order valence-electron chi connectivity index (χ3n) is 5.60. The van der Waals surface area contributed by atoms with Gasteiger partial charge in [-0.15, -0.1) is 11.3 Å². The van der Waals surface area contributed by atoms with Gasteiger partial charge < -0.3 is 24.7 Å². The van der Waals surface area contributed by atoms with Crippen LogP contribution in [0.2, 0.25) is 25.7 Å². The zero-order chi connectivity index (χ0) is 29.1. The number of pyridine rings is 1. The van der Waals surface area contributed by atoms with Crippen LogP contribution in [0.5, 0.6) is 11.5 Å². The molecule has 2 N–H and O–H groups in total. The van der Waals surface area contributed by atoms with Gasteiger partial charge in [-0.1, -0.05) is 19.6 Å². The van der Waals surface area contributed by atoms with Gasteiger partial charge in [0.2, 0.25) is 0 Å². The molecule has 0 spiro atoms. The monoisotopic (exact) mass is 599 g/mol. The van der Waals surface area contributed by atoms with Crippen molar-refractivity contribution in [3.63, 3.8) is 0 Å². The number of halogens is 5. The lowest BCUT2D eigenvalue weighted by Crippen LogP contribution is -2.28. The zero-order valence-electron chi connectivity index (χ0n) is 21.7. The summed E-state index contributed by atoms with van der Waals surface area (Å²) in [5.74, 6) is -3.85. The summed E-state index contributed by atoms with van der Waals surface area (Å²) in [7, 11) is -1.42. The fourth-order valence-electron chi connectivity index (χ4n) is 3.64. The number of carbonyl (C=O) groups excluding carboxylic acids is 1. The number of carbonyl (C=O) groups is 1. The number of nitrogens with zero attached hydrogens (tertiary/aromatic N) is 3. The Kier molecular flexibility index (Phi) is 8.75. The molecule has 0 radical (unpaired) electrons. The molecule has 15 heteroatoms. The standard InChI is InChI=1S/C25H26F5N5O3SSi/c1-40(2,3)9-7-37-14-35-13-16(25(28,29)30)21-19(4-5-32-23(21)35)38-22-17(26)10-15(11-18(22)27)34-24(36)33-12-20-31-6-8-39-20/h4-6,8,10-11,13H,7,9,12,14H2,1-3H3,(H2,33,34,36). The molecule has 0 aliphatic carbocycles. The Morgan fingerprint density at radius 1 is 1.12 bits per heavy atom. The van der Waals surface area contributed by atoms with Crippen molar-refractivity contribution in [2.75, 3.05) is 11.9 Å². The fourth-order valence-corrected chi connectivity index (χ4v) is 4.95. The van der Waals surface area contributed by atoms with Gasteiger partial charge in [-0.2, -0.15) is 13.2 Å². The van der Waals surface area contributed by atoms with E-state index in [1.807, 2.05) is 0 Å². The molecule has 0 unspecified atom stereocenters. The van der Waals surface area contributed by atoms with Crippen LogP contribution in [-0.4, -0.2) is 35.2 Å². The van der Waals surface area contributed by atoms with E-state index in [1.54, 1.807) is 11.6 Å². The van der Waals surface area contributed by atoms with E-state index < -0.39 is 54.4 Å². The molecule has 0 aliphatic heterocycles. The summed E-state index contributed by atoms with van der Waals surface area (Å²) in [6.07, 6.45) is -1.23. The predicted octanol–water partition coefficient (Wildman–Crippen LogP) is 7.22. The molecule has 1 aromatic carbocycles. The van der Waals surface area contributed by atoms with Gasteiger partial charge in [0.25, 0.3) is 0 Å². The fraction of sp³-hybridized carbons (Fsp3) is 0.320. The SMILES string of the molecule is C[Si](C)(C)CCOCn1cc(C(F)(F)F)c2c(Oc3c(F)cc(NC(=O)NCc4nccs4)cc3F)ccnc21. The van der Waals surface area contributed by atoms with E-state index in [4.69, 9.17) is 9.47 Å². The smallest absolute Gasteiger partial charge is 0.418 e. The first kappa shape index (κ1) is 29.4. The van der Waals surface area contributed by atoms with Crippen LogP contribution in [0.15, 0.2) is 42.2 Å². The Morgan fingerprint density at radius 3 is 2.48 bits per heavy atom. The van der Waals surface area contributed by atoms with E-state index >= 15 is 0 Å². The lowest BCUT2D eigenvalue weighted by atomic mass is 10.2. The average molecular weight is 600 g/mol. The molecule has 4 aromatic rings. The number of amides is 2. The Labute approximate surface area is 231 Å². The number of rotatable bonds is 10. The minimum atomic E-state index is -4.81. The Hall–Kier alpha value is -3.56. The molecule has 3 aromatic heterocycles. The van der Waals surface area contributed by atoms with Gasteiger partial charge in [0.1, 0.15) is 23.1 Å². The molecule has 0 aliphatic rings. The third-order valence-corrected chi connectivity index (χ3v) is 8.09. The van der Waals surface area contributed by atoms with E-state index in [1.165, 1.54) is 22.1 Å². The Bertz CT molecular complexity index is 1470. The van der Waals surface area contributed by atoms with Crippen LogP contribution in [-0.2, 0) is 24.2 Å². The molecular formula is C25H26F5N5O3SSi. The molecule has 2 amide bonds. The molecule has 0 bridgehead atoms. The number of hydrogen-bond donors (Lipinski definition) is 2.